The van der Waals surface area contributed by atoms with Gasteiger partial charge in [-0.05, 0) is 25.7 Å². The first-order chi connectivity index (χ1) is 9.80. The van der Waals surface area contributed by atoms with Crippen LogP contribution in [0.15, 0.2) is 0 Å². The number of carboxylic acid groups (broad SMARTS) is 1. The third kappa shape index (κ3) is 3.68. The molecule has 0 radical (unpaired) electrons. The van der Waals surface area contributed by atoms with Gasteiger partial charge in [-0.15, -0.1) is 0 Å². The summed E-state index contributed by atoms with van der Waals surface area (Å²) in [4.78, 5) is 24.7. The molecule has 120 valence electrons. The summed E-state index contributed by atoms with van der Waals surface area (Å²) < 4.78 is 39.2. The number of amides is 1. The third-order valence-electron chi connectivity index (χ3n) is 4.59. The number of carbonyl (C=O) groups is 2. The molecule has 1 aliphatic carbocycles. The lowest BCUT2D eigenvalue weighted by Crippen LogP contribution is -2.49. The van der Waals surface area contributed by atoms with E-state index in [0.717, 1.165) is 0 Å². The van der Waals surface area contributed by atoms with Gasteiger partial charge in [-0.1, -0.05) is 12.8 Å². The first kappa shape index (κ1) is 16.1. The number of carbonyl (C=O) groups excluding carboxylic acids is 1. The highest BCUT2D eigenvalue weighted by Gasteiger charge is 2.49. The number of halogens is 3. The van der Waals surface area contributed by atoms with Crippen molar-refractivity contribution in [1.82, 2.24) is 4.90 Å². The molecule has 0 aromatic carbocycles. The van der Waals surface area contributed by atoms with Crippen LogP contribution in [0.1, 0.15) is 38.5 Å². The lowest BCUT2D eigenvalue weighted by atomic mass is 9.77. The van der Waals surface area contributed by atoms with Gasteiger partial charge in [-0.3, -0.25) is 9.59 Å². The van der Waals surface area contributed by atoms with Gasteiger partial charge in [0.05, 0.1) is 11.8 Å². The van der Waals surface area contributed by atoms with Crippen LogP contribution in [0.4, 0.5) is 13.2 Å². The molecular weight excluding hydrogens is 287 g/mol. The molecule has 0 aromatic rings. The Labute approximate surface area is 121 Å². The van der Waals surface area contributed by atoms with Crippen molar-refractivity contribution in [2.75, 3.05) is 13.1 Å². The van der Waals surface area contributed by atoms with E-state index in [1.807, 2.05) is 0 Å². The van der Waals surface area contributed by atoms with E-state index in [9.17, 15) is 22.8 Å². The van der Waals surface area contributed by atoms with Gasteiger partial charge in [-0.2, -0.15) is 13.2 Å². The Balaban J connectivity index is 2.08. The van der Waals surface area contributed by atoms with Gasteiger partial charge in [0.2, 0.25) is 5.91 Å². The van der Waals surface area contributed by atoms with Crippen LogP contribution in [0.5, 0.6) is 0 Å². The highest BCUT2D eigenvalue weighted by molar-refractivity contribution is 5.80. The molecule has 2 aliphatic rings. The van der Waals surface area contributed by atoms with E-state index in [1.165, 1.54) is 4.90 Å². The smallest absolute Gasteiger partial charge is 0.392 e. The zero-order chi connectivity index (χ0) is 15.6. The second-order valence-electron chi connectivity index (χ2n) is 6.00. The summed E-state index contributed by atoms with van der Waals surface area (Å²) in [5.41, 5.74) is 0. The number of rotatable bonds is 2. The van der Waals surface area contributed by atoms with E-state index in [2.05, 4.69) is 0 Å². The maximum Gasteiger partial charge on any atom is 0.392 e. The quantitative estimate of drug-likeness (QED) is 0.853. The number of nitrogens with zero attached hydrogens (tertiary/aromatic N) is 1. The Morgan fingerprint density at radius 2 is 1.71 bits per heavy atom. The number of aliphatic carboxylic acids is 1. The first-order valence-electron chi connectivity index (χ1n) is 7.39. The summed E-state index contributed by atoms with van der Waals surface area (Å²) in [6.07, 6.45) is -1.99. The van der Waals surface area contributed by atoms with Crippen molar-refractivity contribution < 1.29 is 27.9 Å². The van der Waals surface area contributed by atoms with Gasteiger partial charge in [-0.25, -0.2) is 0 Å². The molecule has 1 heterocycles. The summed E-state index contributed by atoms with van der Waals surface area (Å²) in [6.45, 7) is 0.402. The fourth-order valence-electron chi connectivity index (χ4n) is 3.43. The number of hydrogen-bond acceptors (Lipinski definition) is 2. The van der Waals surface area contributed by atoms with Crippen molar-refractivity contribution in [3.63, 3.8) is 0 Å². The molecule has 2 rings (SSSR count). The van der Waals surface area contributed by atoms with Crippen molar-refractivity contribution in [3.05, 3.63) is 0 Å². The summed E-state index contributed by atoms with van der Waals surface area (Å²) in [7, 11) is 0. The molecule has 0 aromatic heterocycles. The van der Waals surface area contributed by atoms with Gasteiger partial charge >= 0.3 is 12.1 Å². The molecule has 3 atom stereocenters. The van der Waals surface area contributed by atoms with Crippen LogP contribution in [0.25, 0.3) is 0 Å². The average molecular weight is 307 g/mol. The summed E-state index contributed by atoms with van der Waals surface area (Å²) in [6, 6.07) is 0. The highest BCUT2D eigenvalue weighted by atomic mass is 19.4. The minimum Gasteiger partial charge on any atom is -0.481 e. The molecule has 1 saturated heterocycles. The summed E-state index contributed by atoms with van der Waals surface area (Å²) in [5, 5.41) is 9.01. The number of alkyl halides is 3. The maximum absolute atomic E-state index is 13.1. The van der Waals surface area contributed by atoms with Gasteiger partial charge in [0, 0.05) is 19.0 Å². The third-order valence-corrected chi connectivity index (χ3v) is 4.59. The summed E-state index contributed by atoms with van der Waals surface area (Å²) in [5.74, 6) is -4.77. The molecule has 1 aliphatic heterocycles. The molecule has 21 heavy (non-hydrogen) atoms. The van der Waals surface area contributed by atoms with Crippen LogP contribution in [-0.2, 0) is 9.59 Å². The Hall–Kier alpha value is -1.27. The second kappa shape index (κ2) is 6.23. The SMILES string of the molecule is O=C(O)C1CCCN(C(=O)C2CCCCC2C(F)(F)F)C1. The topological polar surface area (TPSA) is 57.6 Å². The van der Waals surface area contributed by atoms with Gasteiger partial charge in [0.15, 0.2) is 0 Å². The first-order valence-corrected chi connectivity index (χ1v) is 7.39. The fraction of sp³-hybridized carbons (Fsp3) is 0.857. The monoisotopic (exact) mass is 307 g/mol. The van der Waals surface area contributed by atoms with Crippen molar-refractivity contribution >= 4 is 11.9 Å². The number of piperidine rings is 1. The number of hydrogen-bond donors (Lipinski definition) is 1. The van der Waals surface area contributed by atoms with E-state index in [0.29, 0.717) is 32.2 Å². The van der Waals surface area contributed by atoms with E-state index >= 15 is 0 Å². The standard InChI is InChI=1S/C14H20F3NO3/c15-14(16,17)11-6-2-1-5-10(11)12(19)18-7-3-4-9(8-18)13(20)21/h9-11H,1-8H2,(H,20,21). The molecule has 1 N–H and O–H groups in total. The largest absolute Gasteiger partial charge is 0.481 e. The van der Waals surface area contributed by atoms with E-state index in [1.54, 1.807) is 0 Å². The van der Waals surface area contributed by atoms with Crippen LogP contribution < -0.4 is 0 Å². The number of likely N-dealkylation sites (tertiary alicyclic amines) is 1. The van der Waals surface area contributed by atoms with E-state index in [-0.39, 0.29) is 19.4 Å². The molecular formula is C14H20F3NO3. The van der Waals surface area contributed by atoms with Crippen LogP contribution in [-0.4, -0.2) is 41.1 Å². The maximum atomic E-state index is 13.1. The molecule has 0 spiro atoms. The zero-order valence-electron chi connectivity index (χ0n) is 11.7. The predicted molar refractivity (Wildman–Crippen MR) is 68.4 cm³/mol. The minimum absolute atomic E-state index is 0.00386. The predicted octanol–water partition coefficient (Wildman–Crippen LogP) is 2.68. The lowest BCUT2D eigenvalue weighted by Gasteiger charge is -2.38. The highest BCUT2D eigenvalue weighted by Crippen LogP contribution is 2.42. The van der Waals surface area contributed by atoms with E-state index in [4.69, 9.17) is 5.11 Å². The van der Waals surface area contributed by atoms with Crippen molar-refractivity contribution in [2.24, 2.45) is 17.8 Å². The van der Waals surface area contributed by atoms with Crippen LogP contribution >= 0.6 is 0 Å². The number of carboxylic acids is 1. The molecule has 1 amide bonds. The minimum atomic E-state index is -4.36. The molecule has 3 unspecified atom stereocenters. The summed E-state index contributed by atoms with van der Waals surface area (Å²) >= 11 is 0. The second-order valence-corrected chi connectivity index (χ2v) is 6.00. The Morgan fingerprint density at radius 1 is 1.05 bits per heavy atom. The van der Waals surface area contributed by atoms with Crippen molar-refractivity contribution in [2.45, 2.75) is 44.7 Å². The van der Waals surface area contributed by atoms with Crippen molar-refractivity contribution in [1.29, 1.82) is 0 Å². The van der Waals surface area contributed by atoms with Crippen LogP contribution in [0.3, 0.4) is 0 Å². The van der Waals surface area contributed by atoms with Crippen LogP contribution in [0, 0.1) is 17.8 Å². The fourth-order valence-corrected chi connectivity index (χ4v) is 3.43. The normalized spacial score (nSPS) is 31.0. The molecule has 0 bridgehead atoms. The van der Waals surface area contributed by atoms with Gasteiger partial charge in [0.25, 0.3) is 0 Å². The van der Waals surface area contributed by atoms with Crippen molar-refractivity contribution in [3.8, 4) is 0 Å². The van der Waals surface area contributed by atoms with E-state index < -0.39 is 35.8 Å². The Kier molecular flexibility index (Phi) is 4.78. The molecule has 4 nitrogen and oxygen atoms in total. The van der Waals surface area contributed by atoms with Gasteiger partial charge < -0.3 is 10.0 Å². The molecule has 7 heteroatoms. The lowest BCUT2D eigenvalue weighted by molar-refractivity contribution is -0.201. The molecule has 1 saturated carbocycles. The molecule has 2 fully saturated rings. The van der Waals surface area contributed by atoms with Crippen LogP contribution in [0.2, 0.25) is 0 Å². The average Bonchev–Trinajstić information content (AvgIpc) is 2.45. The Bertz CT molecular complexity index is 411. The van der Waals surface area contributed by atoms with Gasteiger partial charge in [0.1, 0.15) is 0 Å². The Morgan fingerprint density at radius 3 is 2.33 bits per heavy atom. The zero-order valence-corrected chi connectivity index (χ0v) is 11.7.